The molecule has 0 atom stereocenters. The molecule has 0 aliphatic rings. The molecule has 188 valence electrons. The van der Waals surface area contributed by atoms with E-state index in [1.54, 1.807) is 43.7 Å². The van der Waals surface area contributed by atoms with Gasteiger partial charge in [-0.2, -0.15) is 0 Å². The van der Waals surface area contributed by atoms with E-state index in [-0.39, 0.29) is 40.6 Å². The van der Waals surface area contributed by atoms with Crippen LogP contribution in [0.3, 0.4) is 0 Å². The zero-order chi connectivity index (χ0) is 25.8. The molecule has 0 spiro atoms. The maximum atomic E-state index is 11.1. The summed E-state index contributed by atoms with van der Waals surface area (Å²) in [6.45, 7) is 1.93. The summed E-state index contributed by atoms with van der Waals surface area (Å²) < 4.78 is 0. The molecule has 0 unspecified atom stereocenters. The Balaban J connectivity index is 0.000000183. The van der Waals surface area contributed by atoms with Gasteiger partial charge in [0, 0.05) is 25.2 Å². The number of hydrogen-bond acceptors (Lipinski definition) is 7. The topological polar surface area (TPSA) is 128 Å². The number of rotatable bonds is 0. The maximum Gasteiger partial charge on any atom is 3.00 e. The third-order valence-electron chi connectivity index (χ3n) is 4.79. The quantitative estimate of drug-likeness (QED) is 0.311. The molecule has 0 amide bonds. The van der Waals surface area contributed by atoms with E-state index in [2.05, 4.69) is 15.0 Å². The predicted molar refractivity (Wildman–Crippen MR) is 136 cm³/mol. The maximum absolute atomic E-state index is 11.1. The number of aromatic nitrogens is 3. The van der Waals surface area contributed by atoms with Gasteiger partial charge < -0.3 is 20.4 Å². The molecule has 37 heavy (non-hydrogen) atoms. The second kappa shape index (κ2) is 15.0. The number of hydrogen-bond donors (Lipinski definition) is 1. The van der Waals surface area contributed by atoms with Crippen LogP contribution in [0.4, 0.5) is 0 Å². The summed E-state index contributed by atoms with van der Waals surface area (Å²) in [6.07, 6.45) is 4.89. The summed E-state index contributed by atoms with van der Waals surface area (Å²) in [7, 11) is 0. The molecule has 6 aromatic rings. The first kappa shape index (κ1) is 29.0. The van der Waals surface area contributed by atoms with Gasteiger partial charge >= 0.3 is 16.8 Å². The minimum Gasteiger partial charge on any atom is -0.871 e. The minimum atomic E-state index is -0.0110. The molecule has 0 saturated carbocycles. The normalized spacial score (nSPS) is 9.57. The number of aliphatic hydroxyl groups excluding tert-OH is 1. The molecule has 0 saturated heterocycles. The smallest absolute Gasteiger partial charge is 0.871 e. The molecular formula is C29H24CoN3O4. The summed E-state index contributed by atoms with van der Waals surface area (Å²) in [5, 5.41) is 43.6. The first-order valence-corrected chi connectivity index (χ1v) is 11.2. The van der Waals surface area contributed by atoms with Crippen LogP contribution in [-0.2, 0) is 16.8 Å². The molecular weight excluding hydrogens is 513 g/mol. The number of fused-ring (bicyclic) bond motifs is 3. The summed E-state index contributed by atoms with van der Waals surface area (Å²) in [6, 6.07) is 26.5. The van der Waals surface area contributed by atoms with Crippen molar-refractivity contribution in [1.82, 2.24) is 15.0 Å². The fourth-order valence-electron chi connectivity index (χ4n) is 3.23. The van der Waals surface area contributed by atoms with E-state index in [9.17, 15) is 15.3 Å². The van der Waals surface area contributed by atoms with Crippen LogP contribution in [0.15, 0.2) is 110 Å². The standard InChI is InChI=1S/3C9H7NO.C2H6O.Co/c3*11-8-5-1-3-7-4-2-6-10-9(7)8;1-2-3;/h3*1-6,11H;3H,2H2,1H3;/q;;;;+3/p-3. The van der Waals surface area contributed by atoms with Crippen molar-refractivity contribution in [2.24, 2.45) is 0 Å². The first-order valence-electron chi connectivity index (χ1n) is 11.2. The molecule has 0 aliphatic heterocycles. The zero-order valence-electron chi connectivity index (χ0n) is 19.9. The molecule has 3 aromatic heterocycles. The van der Waals surface area contributed by atoms with Gasteiger partial charge in [0.15, 0.2) is 0 Å². The van der Waals surface area contributed by atoms with Crippen LogP contribution in [0.2, 0.25) is 0 Å². The summed E-state index contributed by atoms with van der Waals surface area (Å²) >= 11 is 0. The third kappa shape index (κ3) is 8.14. The Morgan fingerprint density at radius 2 is 0.757 bits per heavy atom. The second-order valence-corrected chi connectivity index (χ2v) is 7.31. The van der Waals surface area contributed by atoms with Crippen molar-refractivity contribution in [3.63, 3.8) is 0 Å². The van der Waals surface area contributed by atoms with Crippen molar-refractivity contribution in [2.75, 3.05) is 6.61 Å². The van der Waals surface area contributed by atoms with Gasteiger partial charge in [0.25, 0.3) is 0 Å². The average molecular weight is 537 g/mol. The van der Waals surface area contributed by atoms with Crippen LogP contribution >= 0.6 is 0 Å². The summed E-state index contributed by atoms with van der Waals surface area (Å²) in [5.41, 5.74) is 1.65. The van der Waals surface area contributed by atoms with Crippen LogP contribution in [0, 0.1) is 0 Å². The van der Waals surface area contributed by atoms with Crippen LogP contribution in [0.5, 0.6) is 17.2 Å². The van der Waals surface area contributed by atoms with Crippen LogP contribution in [0.1, 0.15) is 6.92 Å². The Morgan fingerprint density at radius 1 is 0.514 bits per heavy atom. The van der Waals surface area contributed by atoms with E-state index >= 15 is 0 Å². The van der Waals surface area contributed by atoms with Crippen molar-refractivity contribution in [3.8, 4) is 17.2 Å². The van der Waals surface area contributed by atoms with Crippen molar-refractivity contribution < 1.29 is 37.2 Å². The molecule has 0 fully saturated rings. The summed E-state index contributed by atoms with van der Waals surface area (Å²) in [5.74, 6) is -0.0331. The average Bonchev–Trinajstić information content (AvgIpc) is 2.91. The Morgan fingerprint density at radius 3 is 1.00 bits per heavy atom. The van der Waals surface area contributed by atoms with Crippen molar-refractivity contribution in [1.29, 1.82) is 0 Å². The van der Waals surface area contributed by atoms with Gasteiger partial charge in [0.2, 0.25) is 0 Å². The molecule has 0 aliphatic carbocycles. The number of benzene rings is 3. The molecule has 0 bridgehead atoms. The Labute approximate surface area is 224 Å². The Kier molecular flexibility index (Phi) is 11.8. The van der Waals surface area contributed by atoms with Crippen LogP contribution in [-0.4, -0.2) is 26.7 Å². The van der Waals surface area contributed by atoms with Crippen LogP contribution < -0.4 is 15.3 Å². The van der Waals surface area contributed by atoms with Gasteiger partial charge in [0.1, 0.15) is 0 Å². The fraction of sp³-hybridized carbons (Fsp3) is 0.0690. The van der Waals surface area contributed by atoms with Crippen molar-refractivity contribution in [3.05, 3.63) is 110 Å². The minimum absolute atomic E-state index is 0. The first-order chi connectivity index (χ1) is 17.5. The fourth-order valence-corrected chi connectivity index (χ4v) is 3.23. The molecule has 1 N–H and O–H groups in total. The number of aliphatic hydroxyl groups is 1. The Hall–Kier alpha value is -4.24. The Bertz CT molecular complexity index is 1350. The van der Waals surface area contributed by atoms with Gasteiger partial charge in [-0.05, 0) is 41.3 Å². The van der Waals surface area contributed by atoms with E-state index in [0.717, 1.165) is 16.2 Å². The van der Waals surface area contributed by atoms with Gasteiger partial charge in [-0.15, -0.1) is 0 Å². The zero-order valence-corrected chi connectivity index (χ0v) is 21.0. The molecule has 3 heterocycles. The third-order valence-corrected chi connectivity index (χ3v) is 4.79. The molecule has 6 rings (SSSR count). The number of nitrogens with zero attached hydrogens (tertiary/aromatic N) is 3. The molecule has 3 aromatic carbocycles. The van der Waals surface area contributed by atoms with E-state index in [1.807, 2.05) is 54.6 Å². The number of pyridine rings is 3. The molecule has 8 heteroatoms. The van der Waals surface area contributed by atoms with E-state index in [1.165, 1.54) is 18.2 Å². The van der Waals surface area contributed by atoms with Crippen molar-refractivity contribution in [2.45, 2.75) is 6.92 Å². The van der Waals surface area contributed by atoms with Crippen molar-refractivity contribution >= 4 is 32.7 Å². The van der Waals surface area contributed by atoms with Crippen LogP contribution in [0.25, 0.3) is 32.7 Å². The van der Waals surface area contributed by atoms with E-state index in [0.29, 0.717) is 16.6 Å². The monoisotopic (exact) mass is 537 g/mol. The van der Waals surface area contributed by atoms with Gasteiger partial charge in [0.05, 0.1) is 16.6 Å². The number of para-hydroxylation sites is 3. The van der Waals surface area contributed by atoms with Gasteiger partial charge in [-0.1, -0.05) is 90.0 Å². The largest absolute Gasteiger partial charge is 3.00 e. The summed E-state index contributed by atoms with van der Waals surface area (Å²) in [4.78, 5) is 11.9. The van der Waals surface area contributed by atoms with Gasteiger partial charge in [-0.25, -0.2) is 0 Å². The van der Waals surface area contributed by atoms with E-state index < -0.39 is 0 Å². The SMILES string of the molecule is CCO.[Co+3].[O-]c1cccc2cccnc12.[O-]c1cccc2cccnc12.[O-]c1cccc2cccnc12. The molecule has 0 radical (unpaired) electrons. The van der Waals surface area contributed by atoms with Gasteiger partial charge in [-0.3, -0.25) is 15.0 Å². The predicted octanol–water partition coefficient (Wildman–Crippen LogP) is 3.92. The van der Waals surface area contributed by atoms with E-state index in [4.69, 9.17) is 5.11 Å². The molecule has 7 nitrogen and oxygen atoms in total. The second-order valence-electron chi connectivity index (χ2n) is 7.31.